The van der Waals surface area contributed by atoms with E-state index in [4.69, 9.17) is 17.2 Å². The molecule has 3 heterocycles. The number of imidazole rings is 1. The third kappa shape index (κ3) is 13.4. The number of amides is 7. The van der Waals surface area contributed by atoms with Gasteiger partial charge in [-0.15, -0.1) is 11.8 Å². The molecule has 6 atom stereocenters. The second-order valence-electron chi connectivity index (χ2n) is 16.0. The number of nitrogens with zero attached hydrogens (tertiary/aromatic N) is 3. The summed E-state index contributed by atoms with van der Waals surface area (Å²) in [6.07, 6.45) is 4.46. The smallest absolute Gasteiger partial charge is 0.253 e. The predicted octanol–water partition coefficient (Wildman–Crippen LogP) is -0.322. The number of H-pyrrole nitrogens is 2. The second kappa shape index (κ2) is 23.3. The van der Waals surface area contributed by atoms with Gasteiger partial charge in [0.1, 0.15) is 36.3 Å². The molecule has 0 saturated carbocycles. The van der Waals surface area contributed by atoms with Gasteiger partial charge in [-0.3, -0.25) is 38.6 Å². The number of carbonyl (C=O) groups excluding carboxylic acids is 7. The largest absolute Gasteiger partial charge is 0.370 e. The maximum Gasteiger partial charge on any atom is 0.253 e. The molecule has 5 aromatic rings. The molecule has 21 nitrogen and oxygen atoms in total. The number of hydrogen-bond acceptors (Lipinski definition) is 11. The van der Waals surface area contributed by atoms with Crippen molar-refractivity contribution >= 4 is 70.0 Å². The van der Waals surface area contributed by atoms with E-state index in [1.54, 1.807) is 36.5 Å². The Bertz CT molecular complexity index is 2700. The number of benzene rings is 3. The molecular formula is C46H52N14O7S. The van der Waals surface area contributed by atoms with E-state index in [1.165, 1.54) is 37.6 Å². The average molecular weight is 945 g/mol. The summed E-state index contributed by atoms with van der Waals surface area (Å²) < 4.78 is 0. The standard InChI is InChI=1S/C46H52N14O7S/c1-25-40(62)57-36(19-29-22-51-24-54-29)45(67)58-34(17-26-8-3-2-4-9-26)43(65)56-33(12-7-15-52-46(49)50)42(64)59-35(18-28-21-53-32-11-6-5-10-30(28)32)44(66)60-37(39(48)61)23-68-38-14-13-27(20-47)16-31(38)41(63)55-25/h2-6,8-11,13-14,16,21-22,24-25,33-37,53H,7,12,15,17-19,23H2,1H3,(H2,48,61)(H,51,54)(H,55,63)(H,56,65)(H,57,62)(H,58,67)(H,59,64)(H,60,66)(H4,49,50,52)/t25-,33+,34-,35+,36+,37+/m1/s1. The van der Waals surface area contributed by atoms with Gasteiger partial charge in [-0.2, -0.15) is 5.26 Å². The molecule has 7 amide bonds. The number of para-hydroxylation sites is 1. The first kappa shape index (κ1) is 49.2. The number of nitriles is 1. The van der Waals surface area contributed by atoms with E-state index >= 15 is 0 Å². The van der Waals surface area contributed by atoms with Gasteiger partial charge in [-0.1, -0.05) is 48.5 Å². The van der Waals surface area contributed by atoms with Crippen LogP contribution in [0.1, 0.15) is 52.5 Å². The fourth-order valence-corrected chi connectivity index (χ4v) is 8.45. The number of nitrogens with two attached hydrogens (primary N) is 3. The zero-order valence-corrected chi connectivity index (χ0v) is 37.7. The van der Waals surface area contributed by atoms with Gasteiger partial charge in [0.25, 0.3) is 5.91 Å². The number of rotatable bonds is 11. The molecule has 0 bridgehead atoms. The van der Waals surface area contributed by atoms with Gasteiger partial charge in [0, 0.05) is 65.4 Å². The summed E-state index contributed by atoms with van der Waals surface area (Å²) in [4.78, 5) is 113. The topological polar surface area (TPSA) is 350 Å². The van der Waals surface area contributed by atoms with Crippen LogP contribution in [0.15, 0.2) is 101 Å². The molecule has 0 fully saturated rings. The number of fused-ring (bicyclic) bond motifs is 2. The molecule has 6 rings (SSSR count). The van der Waals surface area contributed by atoms with Crippen molar-refractivity contribution in [2.45, 2.75) is 80.2 Å². The number of aliphatic imine (C=N–C) groups is 1. The lowest BCUT2D eigenvalue weighted by molar-refractivity contribution is -0.135. The highest BCUT2D eigenvalue weighted by Crippen LogP contribution is 2.26. The fraction of sp³-hybridized carbons (Fsp3) is 0.304. The highest BCUT2D eigenvalue weighted by atomic mass is 32.2. The molecule has 68 heavy (non-hydrogen) atoms. The van der Waals surface area contributed by atoms with Crippen molar-refractivity contribution in [2.75, 3.05) is 12.3 Å². The number of guanidine groups is 1. The Labute approximate surface area is 394 Å². The number of thioether (sulfide) groups is 1. The molecule has 3 aromatic carbocycles. The fourth-order valence-electron chi connectivity index (χ4n) is 7.38. The Morgan fingerprint density at radius 2 is 1.41 bits per heavy atom. The van der Waals surface area contributed by atoms with Gasteiger partial charge in [-0.25, -0.2) is 4.98 Å². The van der Waals surface area contributed by atoms with Crippen LogP contribution in [0.2, 0.25) is 0 Å². The molecule has 1 aliphatic rings. The van der Waals surface area contributed by atoms with Crippen LogP contribution in [0.5, 0.6) is 0 Å². The predicted molar refractivity (Wildman–Crippen MR) is 252 cm³/mol. The van der Waals surface area contributed by atoms with Crippen molar-refractivity contribution < 1.29 is 33.6 Å². The van der Waals surface area contributed by atoms with E-state index in [0.717, 1.165) is 22.7 Å². The zero-order chi connectivity index (χ0) is 48.7. The number of aromatic nitrogens is 3. The number of hydrogen-bond donors (Lipinski definition) is 11. The van der Waals surface area contributed by atoms with Crippen molar-refractivity contribution in [3.05, 3.63) is 119 Å². The van der Waals surface area contributed by atoms with Crippen molar-refractivity contribution in [1.82, 2.24) is 46.9 Å². The number of nitrogens with one attached hydrogen (secondary N) is 8. The highest BCUT2D eigenvalue weighted by Gasteiger charge is 2.34. The first-order chi connectivity index (χ1) is 32.7. The second-order valence-corrected chi connectivity index (χ2v) is 17.1. The first-order valence-corrected chi connectivity index (χ1v) is 22.6. The quantitative estimate of drug-likeness (QED) is 0.0461. The molecule has 22 heteroatoms. The minimum Gasteiger partial charge on any atom is -0.370 e. The molecule has 0 radical (unpaired) electrons. The van der Waals surface area contributed by atoms with E-state index in [-0.39, 0.29) is 66.4 Å². The van der Waals surface area contributed by atoms with E-state index in [9.17, 15) is 38.8 Å². The highest BCUT2D eigenvalue weighted by molar-refractivity contribution is 7.99. The maximum atomic E-state index is 14.5. The number of carbonyl (C=O) groups is 7. The van der Waals surface area contributed by atoms with Crippen molar-refractivity contribution in [3.8, 4) is 6.07 Å². The van der Waals surface area contributed by atoms with E-state index < -0.39 is 77.6 Å². The lowest BCUT2D eigenvalue weighted by atomic mass is 10.0. The number of primary amides is 1. The molecule has 0 aliphatic carbocycles. The molecule has 1 aliphatic heterocycles. The minimum absolute atomic E-state index is 0.0257. The Balaban J connectivity index is 1.42. The van der Waals surface area contributed by atoms with Crippen molar-refractivity contribution in [3.63, 3.8) is 0 Å². The van der Waals surface area contributed by atoms with Crippen LogP contribution < -0.4 is 49.1 Å². The van der Waals surface area contributed by atoms with Crippen LogP contribution in [0, 0.1) is 11.3 Å². The maximum absolute atomic E-state index is 14.5. The molecular weight excluding hydrogens is 893 g/mol. The van der Waals surface area contributed by atoms with E-state index in [2.05, 4.69) is 51.8 Å². The van der Waals surface area contributed by atoms with Crippen molar-refractivity contribution in [1.29, 1.82) is 5.26 Å². The van der Waals surface area contributed by atoms with Gasteiger partial charge >= 0.3 is 0 Å². The van der Waals surface area contributed by atoms with E-state index in [0.29, 0.717) is 16.8 Å². The summed E-state index contributed by atoms with van der Waals surface area (Å²) in [5.74, 6) is -5.99. The molecule has 14 N–H and O–H groups in total. The third-order valence-corrected chi connectivity index (χ3v) is 12.2. The molecule has 0 unspecified atom stereocenters. The zero-order valence-electron chi connectivity index (χ0n) is 36.9. The summed E-state index contributed by atoms with van der Waals surface area (Å²) in [5, 5.41) is 26.7. The SMILES string of the molecule is C[C@H]1NC(=O)c2cc(C#N)ccc2SC[C@@H](C(N)=O)NC(=O)[C@H](Cc2c[nH]c3ccccc23)NC(=O)[C@H](CCCN=C(N)N)NC(=O)[C@@H](Cc2ccccc2)NC(=O)[C@H](Cc2cnc[nH]2)NC1=O. The van der Waals surface area contributed by atoms with Crippen LogP contribution >= 0.6 is 11.8 Å². The number of aromatic amines is 2. The van der Waals surface area contributed by atoms with Crippen molar-refractivity contribution in [2.24, 2.45) is 22.2 Å². The summed E-state index contributed by atoms with van der Waals surface area (Å²) >= 11 is 0.974. The third-order valence-electron chi connectivity index (χ3n) is 11.0. The minimum atomic E-state index is -1.35. The molecule has 0 saturated heterocycles. The lowest BCUT2D eigenvalue weighted by Gasteiger charge is -2.27. The molecule has 2 aromatic heterocycles. The van der Waals surface area contributed by atoms with Crippen LogP contribution in [-0.2, 0) is 48.0 Å². The Hall–Kier alpha value is -8.19. The van der Waals surface area contributed by atoms with Gasteiger partial charge in [0.05, 0.1) is 23.5 Å². The Morgan fingerprint density at radius 3 is 2.10 bits per heavy atom. The van der Waals surface area contributed by atoms with Gasteiger partial charge in [-0.05, 0) is 55.2 Å². The molecule has 0 spiro atoms. The summed E-state index contributed by atoms with van der Waals surface area (Å²) in [7, 11) is 0. The van der Waals surface area contributed by atoms with Crippen LogP contribution in [0.25, 0.3) is 10.9 Å². The van der Waals surface area contributed by atoms with Crippen LogP contribution in [0.3, 0.4) is 0 Å². The summed E-state index contributed by atoms with van der Waals surface area (Å²) in [6, 6.07) is 14.4. The van der Waals surface area contributed by atoms with Gasteiger partial charge < -0.3 is 59.1 Å². The monoisotopic (exact) mass is 944 g/mol. The molecule has 354 valence electrons. The summed E-state index contributed by atoms with van der Waals surface area (Å²) in [5.41, 5.74) is 19.6. The Morgan fingerprint density at radius 1 is 0.765 bits per heavy atom. The van der Waals surface area contributed by atoms with Crippen LogP contribution in [0.4, 0.5) is 0 Å². The lowest BCUT2D eigenvalue weighted by Crippen LogP contribution is -2.60. The Kier molecular flexibility index (Phi) is 16.9. The van der Waals surface area contributed by atoms with E-state index in [1.807, 2.05) is 30.3 Å². The van der Waals surface area contributed by atoms with Crippen LogP contribution in [-0.4, -0.2) is 111 Å². The van der Waals surface area contributed by atoms with Gasteiger partial charge in [0.2, 0.25) is 35.4 Å². The average Bonchev–Trinajstić information content (AvgIpc) is 4.00. The normalized spacial score (nSPS) is 21.2. The van der Waals surface area contributed by atoms with Gasteiger partial charge in [0.15, 0.2) is 5.96 Å². The first-order valence-electron chi connectivity index (χ1n) is 21.6. The summed E-state index contributed by atoms with van der Waals surface area (Å²) in [6.45, 7) is 1.48.